The van der Waals surface area contributed by atoms with Crippen LogP contribution in [-0.2, 0) is 19.4 Å². The molecule has 0 aliphatic carbocycles. The lowest BCUT2D eigenvalue weighted by Gasteiger charge is -2.11. The predicted molar refractivity (Wildman–Crippen MR) is 121 cm³/mol. The van der Waals surface area contributed by atoms with Crippen LogP contribution in [-0.4, -0.2) is 26.8 Å². The van der Waals surface area contributed by atoms with Gasteiger partial charge in [0.15, 0.2) is 5.75 Å². The molecule has 0 amide bonds. The van der Waals surface area contributed by atoms with Crippen molar-refractivity contribution in [3.8, 4) is 11.5 Å². The quantitative estimate of drug-likeness (QED) is 0.400. The Morgan fingerprint density at radius 1 is 1.03 bits per heavy atom. The third-order valence-electron chi connectivity index (χ3n) is 4.62. The van der Waals surface area contributed by atoms with Crippen molar-refractivity contribution in [1.82, 2.24) is 15.2 Å². The van der Waals surface area contributed by atoms with Gasteiger partial charge in [0, 0.05) is 36.2 Å². The maximum atomic E-state index is 6.07. The summed E-state index contributed by atoms with van der Waals surface area (Å²) in [6.45, 7) is 0.938. The van der Waals surface area contributed by atoms with E-state index in [1.165, 1.54) is 0 Å². The van der Waals surface area contributed by atoms with Gasteiger partial charge in [-0.3, -0.25) is 10.1 Å². The third-order valence-corrected chi connectivity index (χ3v) is 4.76. The summed E-state index contributed by atoms with van der Waals surface area (Å²) in [5.41, 5.74) is 9.38. The summed E-state index contributed by atoms with van der Waals surface area (Å²) in [5, 5.41) is 8.34. The minimum absolute atomic E-state index is 0.397. The molecule has 0 saturated carbocycles. The van der Waals surface area contributed by atoms with Gasteiger partial charge in [-0.2, -0.15) is 5.10 Å². The van der Waals surface area contributed by atoms with Crippen LogP contribution in [0.4, 0.5) is 0 Å². The zero-order chi connectivity index (χ0) is 20.8. The Balaban J connectivity index is 1.57. The Morgan fingerprint density at radius 3 is 2.63 bits per heavy atom. The highest BCUT2D eigenvalue weighted by atomic mass is 32.1. The Labute approximate surface area is 180 Å². The molecule has 6 nitrogen and oxygen atoms in total. The lowest BCUT2D eigenvalue weighted by molar-refractivity contribution is 0.297. The lowest BCUT2D eigenvalue weighted by atomic mass is 10.1. The molecule has 0 spiro atoms. The Hall–Kier alpha value is -3.45. The SMILES string of the molecule is NC(=S)Cc1[nH]nc2c(OCCc3ccccn3)cc(OCc3ccccc3)cc12. The minimum atomic E-state index is 0.397. The van der Waals surface area contributed by atoms with Crippen molar-refractivity contribution in [2.24, 2.45) is 5.73 Å². The van der Waals surface area contributed by atoms with E-state index < -0.39 is 0 Å². The van der Waals surface area contributed by atoms with Crippen molar-refractivity contribution < 1.29 is 9.47 Å². The summed E-state index contributed by atoms with van der Waals surface area (Å²) in [6, 6.07) is 19.7. The molecule has 0 saturated heterocycles. The number of nitrogens with zero attached hydrogens (tertiary/aromatic N) is 2. The topological polar surface area (TPSA) is 86.1 Å². The van der Waals surface area contributed by atoms with E-state index in [0.717, 1.165) is 27.9 Å². The number of nitrogens with two attached hydrogens (primary N) is 1. The van der Waals surface area contributed by atoms with E-state index in [1.807, 2.05) is 60.7 Å². The van der Waals surface area contributed by atoms with Crippen LogP contribution >= 0.6 is 12.2 Å². The molecule has 0 fully saturated rings. The smallest absolute Gasteiger partial charge is 0.151 e. The Bertz CT molecular complexity index is 1130. The fourth-order valence-corrected chi connectivity index (χ4v) is 3.31. The number of aromatic amines is 1. The van der Waals surface area contributed by atoms with E-state index in [1.54, 1.807) is 6.20 Å². The number of aromatic nitrogens is 3. The number of H-pyrrole nitrogens is 1. The molecule has 2 aromatic carbocycles. The molecular weight excluding hydrogens is 396 g/mol. The summed E-state index contributed by atoms with van der Waals surface area (Å²) >= 11 is 5.07. The molecule has 152 valence electrons. The van der Waals surface area contributed by atoms with Gasteiger partial charge in [0.1, 0.15) is 17.9 Å². The normalized spacial score (nSPS) is 10.8. The van der Waals surface area contributed by atoms with Gasteiger partial charge in [-0.15, -0.1) is 0 Å². The first-order valence-corrected chi connectivity index (χ1v) is 10.1. The van der Waals surface area contributed by atoms with Crippen LogP contribution in [0.15, 0.2) is 66.9 Å². The summed E-state index contributed by atoms with van der Waals surface area (Å²) in [4.78, 5) is 4.73. The van der Waals surface area contributed by atoms with Crippen LogP contribution in [0.25, 0.3) is 10.9 Å². The number of ether oxygens (including phenoxy) is 2. The third kappa shape index (κ3) is 4.93. The maximum absolute atomic E-state index is 6.07. The van der Waals surface area contributed by atoms with Crippen LogP contribution < -0.4 is 15.2 Å². The van der Waals surface area contributed by atoms with Crippen molar-refractivity contribution >= 4 is 28.1 Å². The van der Waals surface area contributed by atoms with Gasteiger partial charge in [0.05, 0.1) is 17.3 Å². The van der Waals surface area contributed by atoms with Gasteiger partial charge in [-0.25, -0.2) is 0 Å². The predicted octanol–water partition coefficient (Wildman–Crippen LogP) is 3.99. The van der Waals surface area contributed by atoms with E-state index in [4.69, 9.17) is 27.4 Å². The number of benzene rings is 2. The minimum Gasteiger partial charge on any atom is -0.491 e. The first-order valence-electron chi connectivity index (χ1n) is 9.68. The summed E-state index contributed by atoms with van der Waals surface area (Å²) in [5.74, 6) is 1.35. The molecule has 4 rings (SSSR count). The fourth-order valence-electron chi connectivity index (χ4n) is 3.17. The molecule has 30 heavy (non-hydrogen) atoms. The zero-order valence-electron chi connectivity index (χ0n) is 16.4. The second-order valence-electron chi connectivity index (χ2n) is 6.86. The first-order chi connectivity index (χ1) is 14.7. The maximum Gasteiger partial charge on any atom is 0.151 e. The highest BCUT2D eigenvalue weighted by Crippen LogP contribution is 2.32. The molecule has 0 bridgehead atoms. The molecule has 4 aromatic rings. The number of nitrogens with one attached hydrogen (secondary N) is 1. The monoisotopic (exact) mass is 418 g/mol. The zero-order valence-corrected chi connectivity index (χ0v) is 17.2. The number of pyridine rings is 1. The molecule has 3 N–H and O–H groups in total. The Kier molecular flexibility index (Phi) is 6.20. The van der Waals surface area contributed by atoms with Crippen molar-refractivity contribution in [3.05, 3.63) is 83.8 Å². The Morgan fingerprint density at radius 2 is 1.87 bits per heavy atom. The van der Waals surface area contributed by atoms with E-state index in [9.17, 15) is 0 Å². The van der Waals surface area contributed by atoms with Gasteiger partial charge in [-0.05, 0) is 23.8 Å². The molecule has 0 atom stereocenters. The van der Waals surface area contributed by atoms with Crippen molar-refractivity contribution in [3.63, 3.8) is 0 Å². The average Bonchev–Trinajstić information content (AvgIpc) is 3.16. The molecule has 2 heterocycles. The molecule has 0 unspecified atom stereocenters. The number of hydrogen-bond donors (Lipinski definition) is 2. The van der Waals surface area contributed by atoms with Crippen LogP contribution in [0.2, 0.25) is 0 Å². The van der Waals surface area contributed by atoms with Gasteiger partial charge in [0.25, 0.3) is 0 Å². The van der Waals surface area contributed by atoms with Crippen molar-refractivity contribution in [2.45, 2.75) is 19.4 Å². The first kappa shape index (κ1) is 19.8. The number of rotatable bonds is 9. The largest absolute Gasteiger partial charge is 0.491 e. The van der Waals surface area contributed by atoms with Crippen LogP contribution in [0.5, 0.6) is 11.5 Å². The summed E-state index contributed by atoms with van der Waals surface area (Å²) < 4.78 is 12.1. The molecule has 0 aliphatic heterocycles. The number of thiocarbonyl (C=S) groups is 1. The highest BCUT2D eigenvalue weighted by Gasteiger charge is 2.14. The molecule has 7 heteroatoms. The highest BCUT2D eigenvalue weighted by molar-refractivity contribution is 7.80. The van der Waals surface area contributed by atoms with Crippen LogP contribution in [0.3, 0.4) is 0 Å². The van der Waals surface area contributed by atoms with Gasteiger partial charge in [-0.1, -0.05) is 48.6 Å². The lowest BCUT2D eigenvalue weighted by Crippen LogP contribution is -2.11. The second-order valence-corrected chi connectivity index (χ2v) is 7.38. The number of hydrogen-bond acceptors (Lipinski definition) is 5. The van der Waals surface area contributed by atoms with E-state index in [2.05, 4.69) is 15.2 Å². The van der Waals surface area contributed by atoms with Gasteiger partial charge < -0.3 is 15.2 Å². The van der Waals surface area contributed by atoms with E-state index in [0.29, 0.717) is 42.5 Å². The molecule has 2 aromatic heterocycles. The van der Waals surface area contributed by atoms with Gasteiger partial charge >= 0.3 is 0 Å². The fraction of sp³-hybridized carbons (Fsp3) is 0.174. The molecular formula is C23H22N4O2S. The van der Waals surface area contributed by atoms with Crippen molar-refractivity contribution in [1.29, 1.82) is 0 Å². The second kappa shape index (κ2) is 9.37. The summed E-state index contributed by atoms with van der Waals surface area (Å²) in [6.07, 6.45) is 2.91. The average molecular weight is 419 g/mol. The molecule has 0 radical (unpaired) electrons. The molecule has 0 aliphatic rings. The summed E-state index contributed by atoms with van der Waals surface area (Å²) in [7, 11) is 0. The standard InChI is InChI=1S/C23H22N4O2S/c24-22(30)14-20-19-12-18(29-15-16-6-2-1-3-7-16)13-21(23(19)27-26-20)28-11-9-17-8-4-5-10-25-17/h1-8,10,12-13H,9,11,14-15H2,(H2,24,30)(H,26,27). The van der Waals surface area contributed by atoms with Crippen LogP contribution in [0, 0.1) is 0 Å². The van der Waals surface area contributed by atoms with E-state index in [-0.39, 0.29) is 0 Å². The van der Waals surface area contributed by atoms with Crippen LogP contribution in [0.1, 0.15) is 17.0 Å². The van der Waals surface area contributed by atoms with Crippen molar-refractivity contribution in [2.75, 3.05) is 6.61 Å². The van der Waals surface area contributed by atoms with E-state index >= 15 is 0 Å². The van der Waals surface area contributed by atoms with Gasteiger partial charge in [0.2, 0.25) is 0 Å². The number of fused-ring (bicyclic) bond motifs is 1.